The molecule has 33 heavy (non-hydrogen) atoms. The zero-order valence-electron chi connectivity index (χ0n) is 18.6. The highest BCUT2D eigenvalue weighted by atomic mass is 16.6. The Balaban J connectivity index is 1.43. The molecule has 2 aliphatic heterocycles. The zero-order chi connectivity index (χ0) is 23.4. The van der Waals surface area contributed by atoms with E-state index in [4.69, 9.17) is 4.74 Å². The fourth-order valence-electron chi connectivity index (χ4n) is 4.06. The number of benzene rings is 1. The van der Waals surface area contributed by atoms with Crippen LogP contribution in [0.15, 0.2) is 42.5 Å². The quantitative estimate of drug-likeness (QED) is 0.505. The number of pyridine rings is 1. The minimum atomic E-state index is -0.549. The number of carbonyl (C=O) groups excluding carboxylic acids is 2. The number of carbonyl (C=O) groups is 2. The van der Waals surface area contributed by atoms with Crippen molar-refractivity contribution in [2.24, 2.45) is 5.92 Å². The third kappa shape index (κ3) is 5.21. The van der Waals surface area contributed by atoms with Gasteiger partial charge in [0.15, 0.2) is 0 Å². The maximum atomic E-state index is 12.8. The molecule has 2 fully saturated rings. The van der Waals surface area contributed by atoms with Crippen molar-refractivity contribution in [3.63, 3.8) is 0 Å². The van der Waals surface area contributed by atoms with E-state index in [1.165, 1.54) is 21.9 Å². The third-order valence-corrected chi connectivity index (χ3v) is 6.08. The molecule has 0 aliphatic carbocycles. The normalized spacial score (nSPS) is 17.2. The number of ether oxygens (including phenoxy) is 1. The third-order valence-electron chi connectivity index (χ3n) is 6.08. The van der Waals surface area contributed by atoms with Gasteiger partial charge in [0, 0.05) is 32.2 Å². The molecular weight excluding hydrogens is 426 g/mol. The monoisotopic (exact) mass is 453 g/mol. The number of rotatable bonds is 5. The van der Waals surface area contributed by atoms with Crippen molar-refractivity contribution >= 4 is 29.3 Å². The Labute approximate surface area is 191 Å². The second-order valence-corrected chi connectivity index (χ2v) is 8.45. The second kappa shape index (κ2) is 9.85. The molecule has 2 amide bonds. The molecule has 2 aromatic rings. The largest absolute Gasteiger partial charge is 0.445 e. The maximum absolute atomic E-state index is 12.8. The van der Waals surface area contributed by atoms with E-state index >= 15 is 0 Å². The average molecular weight is 453 g/mol. The van der Waals surface area contributed by atoms with Gasteiger partial charge in [0.25, 0.3) is 0 Å². The lowest BCUT2D eigenvalue weighted by Crippen LogP contribution is -2.52. The molecule has 2 aliphatic rings. The Morgan fingerprint density at radius 1 is 1.12 bits per heavy atom. The Morgan fingerprint density at radius 2 is 1.85 bits per heavy atom. The van der Waals surface area contributed by atoms with Crippen molar-refractivity contribution < 1.29 is 19.2 Å². The Kier molecular flexibility index (Phi) is 6.71. The molecule has 2 saturated heterocycles. The number of amides is 2. The van der Waals surface area contributed by atoms with Gasteiger partial charge in [-0.1, -0.05) is 37.3 Å². The van der Waals surface area contributed by atoms with Gasteiger partial charge in [0.2, 0.25) is 11.7 Å². The van der Waals surface area contributed by atoms with Gasteiger partial charge in [-0.05, 0) is 30.4 Å². The predicted molar refractivity (Wildman–Crippen MR) is 122 cm³/mol. The molecule has 10 nitrogen and oxygen atoms in total. The SMILES string of the molecule is CC1CCN(c2nc(N3CCN(C(=O)OCc4ccccc4)CC3=O)ccc2[N+](=O)[O-])CC1. The van der Waals surface area contributed by atoms with E-state index in [9.17, 15) is 19.7 Å². The number of piperazine rings is 1. The van der Waals surface area contributed by atoms with Crippen LogP contribution in [0.4, 0.5) is 22.1 Å². The smallest absolute Gasteiger partial charge is 0.410 e. The minimum absolute atomic E-state index is 0.0659. The van der Waals surface area contributed by atoms with Crippen LogP contribution in [0.1, 0.15) is 25.3 Å². The average Bonchev–Trinajstić information content (AvgIpc) is 2.83. The fraction of sp³-hybridized carbons (Fsp3) is 0.435. The van der Waals surface area contributed by atoms with Gasteiger partial charge in [-0.15, -0.1) is 0 Å². The Hall–Kier alpha value is -3.69. The summed E-state index contributed by atoms with van der Waals surface area (Å²) in [5.41, 5.74) is 0.800. The first-order chi connectivity index (χ1) is 15.9. The molecule has 10 heteroatoms. The molecule has 0 bridgehead atoms. The highest BCUT2D eigenvalue weighted by molar-refractivity contribution is 5.96. The van der Waals surface area contributed by atoms with Crippen molar-refractivity contribution in [3.8, 4) is 0 Å². The van der Waals surface area contributed by atoms with Crippen LogP contribution in [-0.2, 0) is 16.1 Å². The summed E-state index contributed by atoms with van der Waals surface area (Å²) >= 11 is 0. The highest BCUT2D eigenvalue weighted by Gasteiger charge is 2.32. The van der Waals surface area contributed by atoms with Gasteiger partial charge in [-0.2, -0.15) is 0 Å². The molecule has 4 rings (SSSR count). The predicted octanol–water partition coefficient (Wildman–Crippen LogP) is 3.21. The van der Waals surface area contributed by atoms with Gasteiger partial charge in [0.1, 0.15) is 19.0 Å². The van der Waals surface area contributed by atoms with E-state index in [0.717, 1.165) is 18.4 Å². The number of hydrogen-bond acceptors (Lipinski definition) is 7. The number of anilines is 2. The molecule has 0 atom stereocenters. The van der Waals surface area contributed by atoms with Gasteiger partial charge < -0.3 is 9.64 Å². The number of nitrogens with zero attached hydrogens (tertiary/aromatic N) is 5. The van der Waals surface area contributed by atoms with Gasteiger partial charge in [0.05, 0.1) is 4.92 Å². The summed E-state index contributed by atoms with van der Waals surface area (Å²) in [4.78, 5) is 45.6. The van der Waals surface area contributed by atoms with Gasteiger partial charge >= 0.3 is 11.8 Å². The molecule has 0 saturated carbocycles. The van der Waals surface area contributed by atoms with Crippen LogP contribution in [0, 0.1) is 16.0 Å². The molecule has 1 aromatic carbocycles. The molecule has 174 valence electrons. The summed E-state index contributed by atoms with van der Waals surface area (Å²) in [6.45, 7) is 4.06. The fourth-order valence-corrected chi connectivity index (χ4v) is 4.06. The molecule has 0 spiro atoms. The second-order valence-electron chi connectivity index (χ2n) is 8.45. The minimum Gasteiger partial charge on any atom is -0.445 e. The van der Waals surface area contributed by atoms with Crippen molar-refractivity contribution in [2.45, 2.75) is 26.4 Å². The summed E-state index contributed by atoms with van der Waals surface area (Å²) < 4.78 is 5.33. The van der Waals surface area contributed by atoms with Crippen molar-refractivity contribution in [3.05, 3.63) is 58.1 Å². The number of piperidine rings is 1. The van der Waals surface area contributed by atoms with E-state index in [0.29, 0.717) is 30.6 Å². The maximum Gasteiger partial charge on any atom is 0.410 e. The topological polar surface area (TPSA) is 109 Å². The van der Waals surface area contributed by atoms with Crippen molar-refractivity contribution in [1.29, 1.82) is 0 Å². The molecule has 3 heterocycles. The first-order valence-electron chi connectivity index (χ1n) is 11.1. The van der Waals surface area contributed by atoms with Crippen LogP contribution in [0.5, 0.6) is 0 Å². The first kappa shape index (κ1) is 22.5. The summed E-state index contributed by atoms with van der Waals surface area (Å²) in [5.74, 6) is 0.913. The van der Waals surface area contributed by atoms with Crippen LogP contribution in [-0.4, -0.2) is 59.5 Å². The Bertz CT molecular complexity index is 1020. The van der Waals surface area contributed by atoms with E-state index in [-0.39, 0.29) is 37.8 Å². The van der Waals surface area contributed by atoms with Crippen LogP contribution in [0.3, 0.4) is 0 Å². The van der Waals surface area contributed by atoms with E-state index in [1.807, 2.05) is 35.2 Å². The highest BCUT2D eigenvalue weighted by Crippen LogP contribution is 2.32. The summed E-state index contributed by atoms with van der Waals surface area (Å²) in [6, 6.07) is 12.2. The lowest BCUT2D eigenvalue weighted by molar-refractivity contribution is -0.384. The van der Waals surface area contributed by atoms with Crippen LogP contribution < -0.4 is 9.80 Å². The molecule has 0 N–H and O–H groups in total. The van der Waals surface area contributed by atoms with Crippen LogP contribution in [0.25, 0.3) is 0 Å². The van der Waals surface area contributed by atoms with E-state index in [2.05, 4.69) is 11.9 Å². The molecule has 0 radical (unpaired) electrons. The molecular formula is C23H27N5O5. The lowest BCUT2D eigenvalue weighted by atomic mass is 9.99. The summed E-state index contributed by atoms with van der Waals surface area (Å²) in [5, 5.41) is 11.6. The van der Waals surface area contributed by atoms with Crippen molar-refractivity contribution in [2.75, 3.05) is 42.5 Å². The lowest BCUT2D eigenvalue weighted by Gasteiger charge is -2.34. The standard InChI is InChI=1S/C23H27N5O5/c1-17-9-11-25(12-10-17)22-19(28(31)32)7-8-20(24-22)27-14-13-26(15-21(27)29)23(30)33-16-18-5-3-2-4-6-18/h2-8,17H,9-16H2,1H3. The van der Waals surface area contributed by atoms with E-state index in [1.54, 1.807) is 0 Å². The summed E-state index contributed by atoms with van der Waals surface area (Å²) in [7, 11) is 0. The van der Waals surface area contributed by atoms with Gasteiger partial charge in [-0.3, -0.25) is 24.7 Å². The molecule has 0 unspecified atom stereocenters. The number of nitro groups is 1. The van der Waals surface area contributed by atoms with Gasteiger partial charge in [-0.25, -0.2) is 9.78 Å². The molecule has 1 aromatic heterocycles. The van der Waals surface area contributed by atoms with E-state index < -0.39 is 11.0 Å². The number of aromatic nitrogens is 1. The first-order valence-corrected chi connectivity index (χ1v) is 11.1. The van der Waals surface area contributed by atoms with Crippen molar-refractivity contribution in [1.82, 2.24) is 9.88 Å². The zero-order valence-corrected chi connectivity index (χ0v) is 18.6. The number of hydrogen-bond donors (Lipinski definition) is 0. The Morgan fingerprint density at radius 3 is 2.52 bits per heavy atom. The van der Waals surface area contributed by atoms with Crippen LogP contribution >= 0.6 is 0 Å². The summed E-state index contributed by atoms with van der Waals surface area (Å²) in [6.07, 6.45) is 1.32. The van der Waals surface area contributed by atoms with Crippen LogP contribution in [0.2, 0.25) is 0 Å².